The van der Waals surface area contributed by atoms with Crippen LogP contribution >= 0.6 is 0 Å². The highest BCUT2D eigenvalue weighted by Crippen LogP contribution is 2.03. The molecule has 0 bridgehead atoms. The van der Waals surface area contributed by atoms with Crippen LogP contribution in [0.5, 0.6) is 0 Å². The molecule has 0 unspecified atom stereocenters. The molecule has 1 amide bonds. The largest absolute Gasteiger partial charge is 0.394 e. The molecule has 8 heteroatoms. The number of aliphatic hydroxyl groups excluding tert-OH is 6. The van der Waals surface area contributed by atoms with Crippen molar-refractivity contribution in [1.29, 1.82) is 0 Å². The molecule has 8 nitrogen and oxygen atoms in total. The number of nitrogens with one attached hydrogen (secondary N) is 1. The van der Waals surface area contributed by atoms with Crippen LogP contribution in [0.1, 0.15) is 0 Å². The number of carbonyl (C=O) groups excluding carboxylic acids is 1. The average molecular weight is 239 g/mol. The average Bonchev–Trinajstić information content (AvgIpc) is 2.33. The van der Waals surface area contributed by atoms with Crippen LogP contribution < -0.4 is 5.32 Å². The zero-order chi connectivity index (χ0) is 12.8. The van der Waals surface area contributed by atoms with Crippen molar-refractivity contribution in [2.75, 3.05) is 26.4 Å². The van der Waals surface area contributed by atoms with E-state index < -0.39 is 50.1 Å². The number of rotatable bonds is 7. The van der Waals surface area contributed by atoms with Gasteiger partial charge in [0, 0.05) is 0 Å². The van der Waals surface area contributed by atoms with Gasteiger partial charge in [0.2, 0.25) is 0 Å². The molecule has 0 aromatic heterocycles. The van der Waals surface area contributed by atoms with E-state index in [-0.39, 0.29) is 0 Å². The number of hydrogen-bond acceptors (Lipinski definition) is 7. The van der Waals surface area contributed by atoms with Crippen molar-refractivity contribution >= 4 is 5.91 Å². The van der Waals surface area contributed by atoms with Gasteiger partial charge in [-0.25, -0.2) is 0 Å². The standard InChI is InChI=1S/C8H17NO7/c10-1-5(14)6(15)7(16)9-8(2-11,3-12)4-13/h5-6,10-15H,1-4H2,(H,9,16)/t5-,6-/m1/s1. The van der Waals surface area contributed by atoms with Gasteiger partial charge in [-0.05, 0) is 0 Å². The lowest BCUT2D eigenvalue weighted by atomic mass is 10.0. The van der Waals surface area contributed by atoms with Crippen molar-refractivity contribution in [3.63, 3.8) is 0 Å². The lowest BCUT2D eigenvalue weighted by Crippen LogP contribution is -2.60. The second kappa shape index (κ2) is 6.74. The summed E-state index contributed by atoms with van der Waals surface area (Å²) in [5.41, 5.74) is -1.67. The Balaban J connectivity index is 4.52. The zero-order valence-electron chi connectivity index (χ0n) is 8.57. The maximum atomic E-state index is 11.3. The molecule has 0 radical (unpaired) electrons. The Kier molecular flexibility index (Phi) is 6.41. The topological polar surface area (TPSA) is 150 Å². The molecule has 0 fully saturated rings. The van der Waals surface area contributed by atoms with E-state index in [2.05, 4.69) is 0 Å². The van der Waals surface area contributed by atoms with Gasteiger partial charge in [-0.1, -0.05) is 0 Å². The monoisotopic (exact) mass is 239 g/mol. The second-order valence-corrected chi connectivity index (χ2v) is 3.44. The Hall–Kier alpha value is -0.770. The minimum Gasteiger partial charge on any atom is -0.394 e. The molecule has 7 N–H and O–H groups in total. The van der Waals surface area contributed by atoms with Crippen molar-refractivity contribution in [2.45, 2.75) is 17.7 Å². The minimum absolute atomic E-state index is 0.742. The van der Waals surface area contributed by atoms with Gasteiger partial charge in [0.25, 0.3) is 5.91 Å². The maximum Gasteiger partial charge on any atom is 0.252 e. The summed E-state index contributed by atoms with van der Waals surface area (Å²) < 4.78 is 0. The fraction of sp³-hybridized carbons (Fsp3) is 0.875. The first-order valence-electron chi connectivity index (χ1n) is 4.58. The number of carbonyl (C=O) groups is 1. The highest BCUT2D eigenvalue weighted by atomic mass is 16.4. The van der Waals surface area contributed by atoms with Crippen LogP contribution in [0.3, 0.4) is 0 Å². The van der Waals surface area contributed by atoms with E-state index in [4.69, 9.17) is 30.6 Å². The Labute approximate surface area is 91.8 Å². The van der Waals surface area contributed by atoms with Crippen molar-refractivity contribution < 1.29 is 35.4 Å². The normalized spacial score (nSPS) is 15.6. The van der Waals surface area contributed by atoms with Crippen LogP contribution in [-0.2, 0) is 4.79 Å². The van der Waals surface area contributed by atoms with Crippen molar-refractivity contribution in [3.05, 3.63) is 0 Å². The summed E-state index contributed by atoms with van der Waals surface area (Å²) in [6.45, 7) is -3.05. The molecule has 0 saturated heterocycles. The third-order valence-corrected chi connectivity index (χ3v) is 2.12. The first-order chi connectivity index (χ1) is 7.46. The van der Waals surface area contributed by atoms with E-state index in [0.29, 0.717) is 0 Å². The Morgan fingerprint density at radius 2 is 1.50 bits per heavy atom. The summed E-state index contributed by atoms with van der Waals surface area (Å²) in [5, 5.41) is 55.2. The molecule has 0 aliphatic heterocycles. The summed E-state index contributed by atoms with van der Waals surface area (Å²) in [7, 11) is 0. The van der Waals surface area contributed by atoms with Gasteiger partial charge in [0.15, 0.2) is 6.10 Å². The molecular weight excluding hydrogens is 222 g/mol. The lowest BCUT2D eigenvalue weighted by Gasteiger charge is -2.30. The summed E-state index contributed by atoms with van der Waals surface area (Å²) in [5.74, 6) is -1.11. The molecule has 0 heterocycles. The lowest BCUT2D eigenvalue weighted by molar-refractivity contribution is -0.141. The molecule has 0 saturated carbocycles. The Morgan fingerprint density at radius 3 is 1.81 bits per heavy atom. The molecule has 0 spiro atoms. The Bertz CT molecular complexity index is 210. The number of amides is 1. The van der Waals surface area contributed by atoms with Crippen LogP contribution in [0.25, 0.3) is 0 Å². The molecule has 0 aromatic rings. The van der Waals surface area contributed by atoms with E-state index in [9.17, 15) is 4.79 Å². The van der Waals surface area contributed by atoms with Gasteiger partial charge in [-0.2, -0.15) is 0 Å². The molecule has 0 aliphatic carbocycles. The van der Waals surface area contributed by atoms with E-state index >= 15 is 0 Å². The molecule has 0 rings (SSSR count). The summed E-state index contributed by atoms with van der Waals surface area (Å²) in [6, 6.07) is 0. The predicted octanol–water partition coefficient (Wildman–Crippen LogP) is -4.47. The highest BCUT2D eigenvalue weighted by molar-refractivity contribution is 5.82. The van der Waals surface area contributed by atoms with E-state index in [1.54, 1.807) is 0 Å². The molecule has 96 valence electrons. The third-order valence-electron chi connectivity index (χ3n) is 2.12. The number of aliphatic hydroxyl groups is 6. The molecular formula is C8H17NO7. The third kappa shape index (κ3) is 3.67. The van der Waals surface area contributed by atoms with Gasteiger partial charge in [0.1, 0.15) is 11.6 Å². The molecule has 0 aromatic carbocycles. The van der Waals surface area contributed by atoms with Crippen LogP contribution in [0.2, 0.25) is 0 Å². The maximum absolute atomic E-state index is 11.3. The smallest absolute Gasteiger partial charge is 0.252 e. The van der Waals surface area contributed by atoms with Gasteiger partial charge in [-0.15, -0.1) is 0 Å². The van der Waals surface area contributed by atoms with Gasteiger partial charge >= 0.3 is 0 Å². The molecule has 2 atom stereocenters. The van der Waals surface area contributed by atoms with Gasteiger partial charge < -0.3 is 36.0 Å². The van der Waals surface area contributed by atoms with Crippen molar-refractivity contribution in [2.24, 2.45) is 0 Å². The SMILES string of the molecule is O=C(NC(CO)(CO)CO)[C@H](O)[C@H](O)CO. The van der Waals surface area contributed by atoms with Crippen molar-refractivity contribution in [1.82, 2.24) is 5.32 Å². The predicted molar refractivity (Wildman–Crippen MR) is 51.2 cm³/mol. The van der Waals surface area contributed by atoms with Crippen LogP contribution in [0.4, 0.5) is 0 Å². The highest BCUT2D eigenvalue weighted by Gasteiger charge is 2.34. The van der Waals surface area contributed by atoms with E-state index in [0.717, 1.165) is 0 Å². The van der Waals surface area contributed by atoms with E-state index in [1.807, 2.05) is 5.32 Å². The first kappa shape index (κ1) is 15.2. The quantitative estimate of drug-likeness (QED) is 0.237. The van der Waals surface area contributed by atoms with Crippen LogP contribution in [0, 0.1) is 0 Å². The van der Waals surface area contributed by atoms with Gasteiger partial charge in [-0.3, -0.25) is 4.79 Å². The molecule has 0 aliphatic rings. The molecule has 16 heavy (non-hydrogen) atoms. The van der Waals surface area contributed by atoms with E-state index in [1.165, 1.54) is 0 Å². The zero-order valence-corrected chi connectivity index (χ0v) is 8.57. The first-order valence-corrected chi connectivity index (χ1v) is 4.58. The Morgan fingerprint density at radius 1 is 1.06 bits per heavy atom. The van der Waals surface area contributed by atoms with Crippen LogP contribution in [0.15, 0.2) is 0 Å². The van der Waals surface area contributed by atoms with Crippen LogP contribution in [-0.4, -0.2) is 80.7 Å². The summed E-state index contributed by atoms with van der Waals surface area (Å²) in [6.07, 6.45) is -3.58. The summed E-state index contributed by atoms with van der Waals surface area (Å²) in [4.78, 5) is 11.3. The van der Waals surface area contributed by atoms with Gasteiger partial charge in [0.05, 0.1) is 26.4 Å². The number of hydrogen-bond donors (Lipinski definition) is 7. The second-order valence-electron chi connectivity index (χ2n) is 3.44. The fourth-order valence-electron chi connectivity index (χ4n) is 0.878. The fourth-order valence-corrected chi connectivity index (χ4v) is 0.878. The summed E-state index contributed by atoms with van der Waals surface area (Å²) >= 11 is 0. The minimum atomic E-state index is -1.91. The van der Waals surface area contributed by atoms with Crippen molar-refractivity contribution in [3.8, 4) is 0 Å².